The van der Waals surface area contributed by atoms with Crippen LogP contribution in [0.25, 0.3) is 11.4 Å². The lowest BCUT2D eigenvalue weighted by molar-refractivity contribution is 0.0153. The van der Waals surface area contributed by atoms with Crippen molar-refractivity contribution in [2.24, 2.45) is 0 Å². The molecule has 0 radical (unpaired) electrons. The summed E-state index contributed by atoms with van der Waals surface area (Å²) in [6.45, 7) is 9.28. The quantitative estimate of drug-likeness (QED) is 0.813. The number of ether oxygens (including phenoxy) is 1. The number of hydrogen-bond acceptors (Lipinski definition) is 5. The van der Waals surface area contributed by atoms with Gasteiger partial charge in [0.15, 0.2) is 5.82 Å². The van der Waals surface area contributed by atoms with E-state index in [2.05, 4.69) is 44.9 Å². The molecular formula is C22H30N4O. The van der Waals surface area contributed by atoms with Gasteiger partial charge in [0.2, 0.25) is 0 Å². The van der Waals surface area contributed by atoms with E-state index < -0.39 is 0 Å². The highest BCUT2D eigenvalue weighted by Gasteiger charge is 2.25. The van der Waals surface area contributed by atoms with E-state index in [1.165, 1.54) is 36.9 Å². The van der Waals surface area contributed by atoms with Crippen molar-refractivity contribution in [2.75, 3.05) is 39.4 Å². The maximum atomic E-state index is 5.50. The van der Waals surface area contributed by atoms with Crippen LogP contribution in [0.4, 0.5) is 0 Å². The fourth-order valence-corrected chi connectivity index (χ4v) is 4.19. The molecule has 1 aromatic heterocycles. The van der Waals surface area contributed by atoms with Gasteiger partial charge < -0.3 is 4.74 Å². The Morgan fingerprint density at radius 2 is 1.81 bits per heavy atom. The lowest BCUT2D eigenvalue weighted by Crippen LogP contribution is -2.49. The Kier molecular flexibility index (Phi) is 6.12. The molecule has 1 aromatic carbocycles. The number of rotatable bonds is 5. The zero-order valence-electron chi connectivity index (χ0n) is 16.3. The van der Waals surface area contributed by atoms with Gasteiger partial charge in [-0.3, -0.25) is 9.80 Å². The number of benzene rings is 1. The Bertz CT molecular complexity index is 727. The molecule has 0 spiro atoms. The molecule has 2 aromatic rings. The van der Waals surface area contributed by atoms with Crippen molar-refractivity contribution in [2.45, 2.75) is 38.8 Å². The molecule has 0 bridgehead atoms. The molecule has 0 N–H and O–H groups in total. The summed E-state index contributed by atoms with van der Waals surface area (Å²) in [4.78, 5) is 14.5. The molecular weight excluding hydrogens is 336 g/mol. The molecule has 0 aliphatic carbocycles. The average Bonchev–Trinajstić information content (AvgIpc) is 2.71. The maximum Gasteiger partial charge on any atom is 0.159 e. The van der Waals surface area contributed by atoms with E-state index in [0.29, 0.717) is 6.04 Å². The van der Waals surface area contributed by atoms with Crippen LogP contribution in [0.5, 0.6) is 0 Å². The summed E-state index contributed by atoms with van der Waals surface area (Å²) in [5.74, 6) is 0.820. The lowest BCUT2D eigenvalue weighted by Gasteiger charge is -2.39. The van der Waals surface area contributed by atoms with Crippen LogP contribution in [0.1, 0.15) is 30.4 Å². The molecule has 27 heavy (non-hydrogen) atoms. The monoisotopic (exact) mass is 366 g/mol. The van der Waals surface area contributed by atoms with Gasteiger partial charge in [-0.1, -0.05) is 30.7 Å². The van der Waals surface area contributed by atoms with Crippen LogP contribution in [0.15, 0.2) is 36.7 Å². The molecule has 0 amide bonds. The zero-order valence-corrected chi connectivity index (χ0v) is 16.3. The molecule has 3 heterocycles. The molecule has 0 saturated carbocycles. The number of hydrogen-bond donors (Lipinski definition) is 0. The minimum Gasteiger partial charge on any atom is -0.379 e. The van der Waals surface area contributed by atoms with Crippen molar-refractivity contribution in [3.8, 4) is 11.4 Å². The van der Waals surface area contributed by atoms with Crippen molar-refractivity contribution in [3.05, 3.63) is 47.8 Å². The summed E-state index contributed by atoms with van der Waals surface area (Å²) in [5.41, 5.74) is 3.54. The van der Waals surface area contributed by atoms with Crippen molar-refractivity contribution in [3.63, 3.8) is 0 Å². The van der Waals surface area contributed by atoms with Crippen LogP contribution < -0.4 is 0 Å². The fraction of sp³-hybridized carbons (Fsp3) is 0.545. The predicted molar refractivity (Wildman–Crippen MR) is 108 cm³/mol. The van der Waals surface area contributed by atoms with Crippen LogP contribution in [-0.4, -0.2) is 65.2 Å². The first-order valence-corrected chi connectivity index (χ1v) is 10.2. The zero-order chi connectivity index (χ0) is 18.5. The van der Waals surface area contributed by atoms with E-state index in [0.717, 1.165) is 50.8 Å². The van der Waals surface area contributed by atoms with E-state index in [4.69, 9.17) is 4.74 Å². The summed E-state index contributed by atoms with van der Waals surface area (Å²) in [6, 6.07) is 8.93. The van der Waals surface area contributed by atoms with Crippen LogP contribution in [0.2, 0.25) is 0 Å². The third-order valence-corrected chi connectivity index (χ3v) is 5.80. The summed E-state index contributed by atoms with van der Waals surface area (Å²) in [5, 5.41) is 0. The highest BCUT2D eigenvalue weighted by Crippen LogP contribution is 2.22. The second kappa shape index (κ2) is 8.91. The Morgan fingerprint density at radius 3 is 2.59 bits per heavy atom. The normalized spacial score (nSPS) is 22.0. The second-order valence-corrected chi connectivity index (χ2v) is 7.76. The molecule has 0 unspecified atom stereocenters. The standard InChI is InChI=1S/C22H30N4O/c1-18-6-2-3-8-21(18)22-23-14-19(15-24-22)16-26-9-5-4-7-20(26)17-25-10-12-27-13-11-25/h2-3,6,8,14-15,20H,4-5,7,9-13,16-17H2,1H3/t20-/m0/s1. The number of aromatic nitrogens is 2. The van der Waals surface area contributed by atoms with E-state index >= 15 is 0 Å². The predicted octanol–water partition coefficient (Wildman–Crippen LogP) is 3.14. The molecule has 2 saturated heterocycles. The van der Waals surface area contributed by atoms with Gasteiger partial charge >= 0.3 is 0 Å². The fourth-order valence-electron chi connectivity index (χ4n) is 4.19. The van der Waals surface area contributed by atoms with Gasteiger partial charge in [0.05, 0.1) is 13.2 Å². The van der Waals surface area contributed by atoms with Crippen LogP contribution in [0, 0.1) is 6.92 Å². The average molecular weight is 367 g/mol. The van der Waals surface area contributed by atoms with Gasteiger partial charge in [-0.25, -0.2) is 9.97 Å². The second-order valence-electron chi connectivity index (χ2n) is 7.76. The molecule has 5 nitrogen and oxygen atoms in total. The number of nitrogens with zero attached hydrogens (tertiary/aromatic N) is 4. The topological polar surface area (TPSA) is 41.5 Å². The van der Waals surface area contributed by atoms with Gasteiger partial charge in [-0.2, -0.15) is 0 Å². The molecule has 5 heteroatoms. The van der Waals surface area contributed by atoms with Crippen LogP contribution >= 0.6 is 0 Å². The van der Waals surface area contributed by atoms with Gasteiger partial charge in [0.25, 0.3) is 0 Å². The number of likely N-dealkylation sites (tertiary alicyclic amines) is 1. The first-order chi connectivity index (χ1) is 13.3. The molecule has 2 aliphatic heterocycles. The van der Waals surface area contributed by atoms with Gasteiger partial charge in [-0.05, 0) is 31.9 Å². The Hall–Kier alpha value is -1.82. The number of morpholine rings is 1. The summed E-state index contributed by atoms with van der Waals surface area (Å²) < 4.78 is 5.50. The third-order valence-electron chi connectivity index (χ3n) is 5.80. The Balaban J connectivity index is 1.41. The van der Waals surface area contributed by atoms with Gasteiger partial charge in [0.1, 0.15) is 0 Å². The smallest absolute Gasteiger partial charge is 0.159 e. The van der Waals surface area contributed by atoms with Crippen LogP contribution in [0.3, 0.4) is 0 Å². The van der Waals surface area contributed by atoms with Crippen LogP contribution in [-0.2, 0) is 11.3 Å². The minimum absolute atomic E-state index is 0.632. The van der Waals surface area contributed by atoms with Crippen molar-refractivity contribution < 1.29 is 4.74 Å². The molecule has 2 fully saturated rings. The summed E-state index contributed by atoms with van der Waals surface area (Å²) >= 11 is 0. The third kappa shape index (κ3) is 4.72. The van der Waals surface area contributed by atoms with Crippen molar-refractivity contribution in [1.29, 1.82) is 0 Å². The Labute approximate surface area is 162 Å². The van der Waals surface area contributed by atoms with E-state index in [1.54, 1.807) is 0 Å². The highest BCUT2D eigenvalue weighted by atomic mass is 16.5. The highest BCUT2D eigenvalue weighted by molar-refractivity contribution is 5.59. The van der Waals surface area contributed by atoms with Crippen molar-refractivity contribution in [1.82, 2.24) is 19.8 Å². The largest absolute Gasteiger partial charge is 0.379 e. The Morgan fingerprint density at radius 1 is 1.04 bits per heavy atom. The molecule has 1 atom stereocenters. The molecule has 4 rings (SSSR count). The summed E-state index contributed by atoms with van der Waals surface area (Å²) in [7, 11) is 0. The van der Waals surface area contributed by atoms with E-state index in [-0.39, 0.29) is 0 Å². The summed E-state index contributed by atoms with van der Waals surface area (Å²) in [6.07, 6.45) is 7.94. The molecule has 2 aliphatic rings. The molecule has 144 valence electrons. The minimum atomic E-state index is 0.632. The SMILES string of the molecule is Cc1ccccc1-c1ncc(CN2CCCC[C@H]2CN2CCOCC2)cn1. The first-order valence-electron chi connectivity index (χ1n) is 10.2. The first kappa shape index (κ1) is 18.5. The number of aryl methyl sites for hydroxylation is 1. The van der Waals surface area contributed by atoms with Crippen molar-refractivity contribution >= 4 is 0 Å². The maximum absolute atomic E-state index is 5.50. The van der Waals surface area contributed by atoms with Gasteiger partial charge in [0, 0.05) is 55.7 Å². The lowest BCUT2D eigenvalue weighted by atomic mass is 10.0. The van der Waals surface area contributed by atoms with E-state index in [1.807, 2.05) is 18.5 Å². The van der Waals surface area contributed by atoms with Gasteiger partial charge in [-0.15, -0.1) is 0 Å². The number of piperidine rings is 1. The van der Waals surface area contributed by atoms with E-state index in [9.17, 15) is 0 Å².